The molecule has 3 heterocycles. The summed E-state index contributed by atoms with van der Waals surface area (Å²) in [7, 11) is 0. The normalized spacial score (nSPS) is 13.4. The van der Waals surface area contributed by atoms with Crippen LogP contribution in [-0.2, 0) is 19.5 Å². The molecule has 1 aliphatic rings. The standard InChI is InChI=1S/C23H19FN4O2/c24-20-8-7-15(13-21-17-5-1-2-6-18(17)22(29)26-25-21)12-19(20)23(30)28-11-9-16-4-3-10-27(16)14-28/h1-8,10,12H,9,11,13-14H2,(H,26,29). The minimum atomic E-state index is -0.540. The maximum Gasteiger partial charge on any atom is 0.272 e. The minimum Gasteiger partial charge on any atom is -0.333 e. The first-order valence-electron chi connectivity index (χ1n) is 9.78. The van der Waals surface area contributed by atoms with Crippen molar-refractivity contribution in [3.8, 4) is 0 Å². The smallest absolute Gasteiger partial charge is 0.272 e. The van der Waals surface area contributed by atoms with Gasteiger partial charge in [0.15, 0.2) is 0 Å². The van der Waals surface area contributed by atoms with Crippen LogP contribution in [0.15, 0.2) is 65.6 Å². The van der Waals surface area contributed by atoms with Gasteiger partial charge in [0.2, 0.25) is 0 Å². The van der Waals surface area contributed by atoms with Crippen molar-refractivity contribution >= 4 is 16.7 Å². The Bertz CT molecular complexity index is 1320. The number of carbonyl (C=O) groups is 1. The highest BCUT2D eigenvalue weighted by atomic mass is 19.1. The highest BCUT2D eigenvalue weighted by Gasteiger charge is 2.24. The maximum atomic E-state index is 14.5. The van der Waals surface area contributed by atoms with Gasteiger partial charge in [-0.05, 0) is 35.9 Å². The Balaban J connectivity index is 1.45. The van der Waals surface area contributed by atoms with Crippen molar-refractivity contribution in [2.75, 3.05) is 6.54 Å². The van der Waals surface area contributed by atoms with Crippen LogP contribution in [0, 0.1) is 5.82 Å². The van der Waals surface area contributed by atoms with E-state index in [1.165, 1.54) is 11.8 Å². The molecule has 30 heavy (non-hydrogen) atoms. The van der Waals surface area contributed by atoms with Gasteiger partial charge in [0, 0.05) is 36.7 Å². The lowest BCUT2D eigenvalue weighted by atomic mass is 10.0. The van der Waals surface area contributed by atoms with Crippen LogP contribution in [0.4, 0.5) is 4.39 Å². The van der Waals surface area contributed by atoms with E-state index in [-0.39, 0.29) is 17.0 Å². The number of rotatable bonds is 3. The number of hydrogen-bond acceptors (Lipinski definition) is 3. The molecule has 0 fully saturated rings. The Labute approximate surface area is 171 Å². The van der Waals surface area contributed by atoms with E-state index in [2.05, 4.69) is 10.2 Å². The predicted octanol–water partition coefficient (Wildman–Crippen LogP) is 3.11. The Morgan fingerprint density at radius 3 is 2.80 bits per heavy atom. The number of benzene rings is 2. The number of aromatic nitrogens is 3. The van der Waals surface area contributed by atoms with E-state index >= 15 is 0 Å². The summed E-state index contributed by atoms with van der Waals surface area (Å²) in [4.78, 5) is 26.7. The molecule has 2 aromatic carbocycles. The molecule has 2 aromatic heterocycles. The Morgan fingerprint density at radius 1 is 1.10 bits per heavy atom. The third-order valence-electron chi connectivity index (χ3n) is 5.58. The highest BCUT2D eigenvalue weighted by Crippen LogP contribution is 2.21. The van der Waals surface area contributed by atoms with Crippen LogP contribution in [0.3, 0.4) is 0 Å². The Morgan fingerprint density at radius 2 is 1.93 bits per heavy atom. The van der Waals surface area contributed by atoms with Gasteiger partial charge in [0.1, 0.15) is 5.82 Å². The summed E-state index contributed by atoms with van der Waals surface area (Å²) in [5.74, 6) is -0.866. The van der Waals surface area contributed by atoms with Crippen molar-refractivity contribution in [3.63, 3.8) is 0 Å². The maximum absolute atomic E-state index is 14.5. The number of H-pyrrole nitrogens is 1. The second-order valence-corrected chi connectivity index (χ2v) is 7.47. The molecule has 0 radical (unpaired) electrons. The fourth-order valence-electron chi connectivity index (χ4n) is 4.00. The number of hydrogen-bond donors (Lipinski definition) is 1. The molecule has 1 amide bonds. The van der Waals surface area contributed by atoms with Gasteiger partial charge in [-0.25, -0.2) is 9.49 Å². The average Bonchev–Trinajstić information content (AvgIpc) is 3.24. The molecule has 0 unspecified atom stereocenters. The quantitative estimate of drug-likeness (QED) is 0.572. The predicted molar refractivity (Wildman–Crippen MR) is 111 cm³/mol. The molecular formula is C23H19FN4O2. The molecule has 150 valence electrons. The van der Waals surface area contributed by atoms with E-state index in [9.17, 15) is 14.0 Å². The summed E-state index contributed by atoms with van der Waals surface area (Å²) in [6.07, 6.45) is 3.04. The minimum absolute atomic E-state index is 0.0526. The van der Waals surface area contributed by atoms with Crippen molar-refractivity contribution in [1.82, 2.24) is 19.7 Å². The summed E-state index contributed by atoms with van der Waals surface area (Å²) < 4.78 is 16.5. The first-order chi connectivity index (χ1) is 14.6. The molecule has 7 heteroatoms. The molecule has 0 saturated heterocycles. The van der Waals surface area contributed by atoms with E-state index in [1.807, 2.05) is 35.0 Å². The van der Waals surface area contributed by atoms with Gasteiger partial charge in [-0.3, -0.25) is 9.59 Å². The fraction of sp³-hybridized carbons (Fsp3) is 0.174. The molecule has 0 aliphatic carbocycles. The van der Waals surface area contributed by atoms with Crippen molar-refractivity contribution in [1.29, 1.82) is 0 Å². The van der Waals surface area contributed by atoms with Crippen molar-refractivity contribution < 1.29 is 9.18 Å². The van der Waals surface area contributed by atoms with Crippen LogP contribution in [0.5, 0.6) is 0 Å². The third-order valence-corrected chi connectivity index (χ3v) is 5.58. The molecule has 5 rings (SSSR count). The molecule has 4 aromatic rings. The third kappa shape index (κ3) is 3.18. The van der Waals surface area contributed by atoms with Crippen LogP contribution in [0.2, 0.25) is 0 Å². The number of aromatic amines is 1. The molecule has 0 spiro atoms. The second kappa shape index (κ2) is 7.26. The van der Waals surface area contributed by atoms with Crippen LogP contribution in [0.1, 0.15) is 27.3 Å². The molecule has 1 N–H and O–H groups in total. The summed E-state index contributed by atoms with van der Waals surface area (Å²) >= 11 is 0. The van der Waals surface area contributed by atoms with Crippen LogP contribution in [0.25, 0.3) is 10.8 Å². The van der Waals surface area contributed by atoms with E-state index in [0.717, 1.165) is 17.4 Å². The summed E-state index contributed by atoms with van der Waals surface area (Å²) in [5, 5.41) is 7.99. The number of halogens is 1. The van der Waals surface area contributed by atoms with E-state index in [1.54, 1.807) is 29.2 Å². The first-order valence-corrected chi connectivity index (χ1v) is 9.78. The number of carbonyl (C=O) groups excluding carboxylic acids is 1. The zero-order valence-corrected chi connectivity index (χ0v) is 16.1. The number of nitrogens with one attached hydrogen (secondary N) is 1. The first kappa shape index (κ1) is 18.3. The van der Waals surface area contributed by atoms with Crippen molar-refractivity contribution in [3.05, 3.63) is 99.5 Å². The SMILES string of the molecule is O=C(c1cc(Cc2n[nH]c(=O)c3ccccc23)ccc1F)N1CCc2cccn2C1. The monoisotopic (exact) mass is 402 g/mol. The Kier molecular flexibility index (Phi) is 4.43. The highest BCUT2D eigenvalue weighted by molar-refractivity contribution is 5.94. The van der Waals surface area contributed by atoms with E-state index in [4.69, 9.17) is 0 Å². The van der Waals surface area contributed by atoms with Gasteiger partial charge in [-0.1, -0.05) is 24.3 Å². The average molecular weight is 402 g/mol. The van der Waals surface area contributed by atoms with Crippen molar-refractivity contribution in [2.45, 2.75) is 19.5 Å². The van der Waals surface area contributed by atoms with Crippen molar-refractivity contribution in [2.24, 2.45) is 0 Å². The van der Waals surface area contributed by atoms with Gasteiger partial charge in [-0.15, -0.1) is 0 Å². The zero-order valence-electron chi connectivity index (χ0n) is 16.1. The Hall–Kier alpha value is -3.74. The fourth-order valence-corrected chi connectivity index (χ4v) is 4.00. The van der Waals surface area contributed by atoms with E-state index < -0.39 is 5.82 Å². The largest absolute Gasteiger partial charge is 0.333 e. The lowest BCUT2D eigenvalue weighted by molar-refractivity contribution is 0.0674. The summed E-state index contributed by atoms with van der Waals surface area (Å²) in [6, 6.07) is 15.8. The van der Waals surface area contributed by atoms with Gasteiger partial charge in [0.05, 0.1) is 23.3 Å². The molecule has 6 nitrogen and oxygen atoms in total. The molecule has 0 bridgehead atoms. The topological polar surface area (TPSA) is 71.0 Å². The number of fused-ring (bicyclic) bond motifs is 2. The van der Waals surface area contributed by atoms with E-state index in [0.29, 0.717) is 30.7 Å². The second-order valence-electron chi connectivity index (χ2n) is 7.47. The lowest BCUT2D eigenvalue weighted by Gasteiger charge is -2.29. The van der Waals surface area contributed by atoms with Crippen LogP contribution >= 0.6 is 0 Å². The zero-order chi connectivity index (χ0) is 20.7. The molecular weight excluding hydrogens is 383 g/mol. The van der Waals surface area contributed by atoms with Crippen LogP contribution in [-0.4, -0.2) is 32.1 Å². The summed E-state index contributed by atoms with van der Waals surface area (Å²) in [5.41, 5.74) is 2.40. The van der Waals surface area contributed by atoms with Gasteiger partial charge in [-0.2, -0.15) is 5.10 Å². The summed E-state index contributed by atoms with van der Waals surface area (Å²) in [6.45, 7) is 0.968. The van der Waals surface area contributed by atoms with Gasteiger partial charge >= 0.3 is 0 Å². The molecule has 1 aliphatic heterocycles. The molecule has 0 saturated carbocycles. The van der Waals surface area contributed by atoms with Gasteiger partial charge in [0.25, 0.3) is 11.5 Å². The lowest BCUT2D eigenvalue weighted by Crippen LogP contribution is -2.39. The number of amides is 1. The molecule has 0 atom stereocenters. The number of nitrogens with zero attached hydrogens (tertiary/aromatic N) is 3. The van der Waals surface area contributed by atoms with Crippen LogP contribution < -0.4 is 5.56 Å². The van der Waals surface area contributed by atoms with Gasteiger partial charge < -0.3 is 9.47 Å².